The highest BCUT2D eigenvalue weighted by Gasteiger charge is 2.20. The molecule has 0 aromatic carbocycles. The number of nitrogens with zero attached hydrogens (tertiary/aromatic N) is 2. The highest BCUT2D eigenvalue weighted by atomic mass is 15.0. The quantitative estimate of drug-likeness (QED) is 0.720. The minimum Gasteiger partial charge on any atom is -0.384 e. The summed E-state index contributed by atoms with van der Waals surface area (Å²) in [6.07, 6.45) is 6.73. The van der Waals surface area contributed by atoms with Gasteiger partial charge in [0.25, 0.3) is 0 Å². The van der Waals surface area contributed by atoms with Crippen LogP contribution in [0.25, 0.3) is 0 Å². The zero-order valence-corrected chi connectivity index (χ0v) is 12.4. The summed E-state index contributed by atoms with van der Waals surface area (Å²) in [4.78, 5) is 8.99. The largest absolute Gasteiger partial charge is 0.384 e. The number of hydrogen-bond acceptors (Lipinski definition) is 5. The van der Waals surface area contributed by atoms with Crippen LogP contribution < -0.4 is 11.1 Å². The SMILES string of the molecule is CN[C@H](C)CC(=N)c1cc(N)nc(C2CCCCC2)n1. The van der Waals surface area contributed by atoms with E-state index in [2.05, 4.69) is 22.2 Å². The first kappa shape index (κ1) is 14.9. The Hall–Kier alpha value is -1.49. The number of rotatable bonds is 5. The van der Waals surface area contributed by atoms with Crippen molar-refractivity contribution in [2.75, 3.05) is 12.8 Å². The smallest absolute Gasteiger partial charge is 0.134 e. The molecule has 0 aliphatic heterocycles. The Labute approximate surface area is 120 Å². The van der Waals surface area contributed by atoms with Crippen LogP contribution in [0.5, 0.6) is 0 Å². The molecule has 0 amide bonds. The van der Waals surface area contributed by atoms with Crippen molar-refractivity contribution in [3.8, 4) is 0 Å². The van der Waals surface area contributed by atoms with Gasteiger partial charge in [-0.15, -0.1) is 0 Å². The second-order valence-electron chi connectivity index (χ2n) is 5.74. The lowest BCUT2D eigenvalue weighted by atomic mass is 9.88. The monoisotopic (exact) mass is 275 g/mol. The van der Waals surface area contributed by atoms with Crippen molar-refractivity contribution < 1.29 is 0 Å². The van der Waals surface area contributed by atoms with Crippen molar-refractivity contribution in [1.29, 1.82) is 5.41 Å². The molecule has 20 heavy (non-hydrogen) atoms. The van der Waals surface area contributed by atoms with Gasteiger partial charge in [0, 0.05) is 24.4 Å². The maximum atomic E-state index is 8.18. The Morgan fingerprint density at radius 3 is 2.75 bits per heavy atom. The van der Waals surface area contributed by atoms with Crippen molar-refractivity contribution in [2.45, 2.75) is 57.4 Å². The van der Waals surface area contributed by atoms with Crippen LogP contribution in [0.2, 0.25) is 0 Å². The lowest BCUT2D eigenvalue weighted by Crippen LogP contribution is -2.25. The van der Waals surface area contributed by atoms with Crippen LogP contribution in [-0.4, -0.2) is 28.8 Å². The molecule has 110 valence electrons. The average molecular weight is 275 g/mol. The third kappa shape index (κ3) is 3.76. The van der Waals surface area contributed by atoms with E-state index in [1.807, 2.05) is 7.05 Å². The van der Waals surface area contributed by atoms with Crippen molar-refractivity contribution >= 4 is 11.5 Å². The third-order valence-corrected chi connectivity index (χ3v) is 4.05. The minimum atomic E-state index is 0.261. The summed E-state index contributed by atoms with van der Waals surface area (Å²) in [6, 6.07) is 1.98. The van der Waals surface area contributed by atoms with Crippen molar-refractivity contribution in [2.24, 2.45) is 0 Å². The van der Waals surface area contributed by atoms with Gasteiger partial charge in [-0.2, -0.15) is 0 Å². The topological polar surface area (TPSA) is 87.7 Å². The summed E-state index contributed by atoms with van der Waals surface area (Å²) >= 11 is 0. The van der Waals surface area contributed by atoms with E-state index >= 15 is 0 Å². The molecule has 0 unspecified atom stereocenters. The Balaban J connectivity index is 2.17. The summed E-state index contributed by atoms with van der Waals surface area (Å²) in [7, 11) is 1.90. The predicted octanol–water partition coefficient (Wildman–Crippen LogP) is 2.47. The van der Waals surface area contributed by atoms with Crippen molar-refractivity contribution in [1.82, 2.24) is 15.3 Å². The molecule has 0 radical (unpaired) electrons. The second kappa shape index (κ2) is 6.79. The number of aromatic nitrogens is 2. The van der Waals surface area contributed by atoms with E-state index in [1.54, 1.807) is 6.07 Å². The molecule has 1 aliphatic carbocycles. The van der Waals surface area contributed by atoms with E-state index in [9.17, 15) is 0 Å². The summed E-state index contributed by atoms with van der Waals surface area (Å²) in [5, 5.41) is 11.3. The molecule has 1 aromatic heterocycles. The molecular formula is C15H25N5. The van der Waals surface area contributed by atoms with E-state index < -0.39 is 0 Å². The van der Waals surface area contributed by atoms with E-state index in [1.165, 1.54) is 19.3 Å². The Morgan fingerprint density at radius 1 is 1.40 bits per heavy atom. The third-order valence-electron chi connectivity index (χ3n) is 4.05. The number of nitrogen functional groups attached to an aromatic ring is 1. The molecule has 0 spiro atoms. The van der Waals surface area contributed by atoms with E-state index in [0.717, 1.165) is 18.7 Å². The van der Waals surface area contributed by atoms with Crippen molar-refractivity contribution in [3.63, 3.8) is 0 Å². The Morgan fingerprint density at radius 2 is 2.10 bits per heavy atom. The molecule has 5 nitrogen and oxygen atoms in total. The van der Waals surface area contributed by atoms with Crippen LogP contribution in [0.3, 0.4) is 0 Å². The molecule has 1 aromatic rings. The van der Waals surface area contributed by atoms with Crippen LogP contribution in [0.4, 0.5) is 5.82 Å². The first-order valence-electron chi connectivity index (χ1n) is 7.49. The standard InChI is InChI=1S/C15H25N5/c1-10(18-2)8-12(16)13-9-14(17)20-15(19-13)11-6-4-3-5-7-11/h9-11,16,18H,3-8H2,1-2H3,(H2,17,19,20)/t10-/m1/s1. The van der Waals surface area contributed by atoms with E-state index in [0.29, 0.717) is 29.6 Å². The first-order chi connectivity index (χ1) is 9.60. The van der Waals surface area contributed by atoms with Crippen LogP contribution in [0, 0.1) is 5.41 Å². The fourth-order valence-corrected chi connectivity index (χ4v) is 2.70. The predicted molar refractivity (Wildman–Crippen MR) is 82.2 cm³/mol. The molecule has 1 aliphatic rings. The molecule has 5 heteroatoms. The zero-order valence-electron chi connectivity index (χ0n) is 12.4. The van der Waals surface area contributed by atoms with E-state index in [-0.39, 0.29) is 6.04 Å². The molecular weight excluding hydrogens is 250 g/mol. The average Bonchev–Trinajstić information content (AvgIpc) is 2.47. The molecule has 4 N–H and O–H groups in total. The molecule has 0 saturated heterocycles. The molecule has 1 atom stereocenters. The number of hydrogen-bond donors (Lipinski definition) is 3. The summed E-state index contributed by atoms with van der Waals surface area (Å²) < 4.78 is 0. The first-order valence-corrected chi connectivity index (χ1v) is 7.49. The van der Waals surface area contributed by atoms with Gasteiger partial charge in [-0.3, -0.25) is 0 Å². The number of nitrogens with one attached hydrogen (secondary N) is 2. The van der Waals surface area contributed by atoms with Gasteiger partial charge in [0.1, 0.15) is 11.6 Å². The van der Waals surface area contributed by atoms with Crippen LogP contribution in [0.1, 0.15) is 62.9 Å². The van der Waals surface area contributed by atoms with Crippen molar-refractivity contribution in [3.05, 3.63) is 17.6 Å². The highest BCUT2D eigenvalue weighted by molar-refractivity contribution is 5.97. The second-order valence-corrected chi connectivity index (χ2v) is 5.74. The van der Waals surface area contributed by atoms with Crippen LogP contribution >= 0.6 is 0 Å². The van der Waals surface area contributed by atoms with Gasteiger partial charge in [0.05, 0.1) is 11.4 Å². The molecule has 1 saturated carbocycles. The molecule has 2 rings (SSSR count). The normalized spacial score (nSPS) is 17.9. The zero-order chi connectivity index (χ0) is 14.5. The van der Waals surface area contributed by atoms with E-state index in [4.69, 9.17) is 11.1 Å². The van der Waals surface area contributed by atoms with Crippen LogP contribution in [-0.2, 0) is 0 Å². The number of anilines is 1. The Bertz CT molecular complexity index is 465. The summed E-state index contributed by atoms with van der Waals surface area (Å²) in [5.41, 5.74) is 7.11. The van der Waals surface area contributed by atoms with Gasteiger partial charge in [0.2, 0.25) is 0 Å². The Kier molecular flexibility index (Phi) is 5.06. The highest BCUT2D eigenvalue weighted by Crippen LogP contribution is 2.31. The molecule has 1 heterocycles. The van der Waals surface area contributed by atoms with Gasteiger partial charge >= 0.3 is 0 Å². The maximum absolute atomic E-state index is 8.18. The fraction of sp³-hybridized carbons (Fsp3) is 0.667. The van der Waals surface area contributed by atoms with Gasteiger partial charge in [-0.05, 0) is 26.8 Å². The minimum absolute atomic E-state index is 0.261. The van der Waals surface area contributed by atoms with Gasteiger partial charge < -0.3 is 16.5 Å². The molecule has 1 fully saturated rings. The van der Waals surface area contributed by atoms with Gasteiger partial charge in [-0.25, -0.2) is 9.97 Å². The molecule has 0 bridgehead atoms. The van der Waals surface area contributed by atoms with Crippen LogP contribution in [0.15, 0.2) is 6.07 Å². The van der Waals surface area contributed by atoms with Gasteiger partial charge in [0.15, 0.2) is 0 Å². The summed E-state index contributed by atoms with van der Waals surface area (Å²) in [6.45, 7) is 2.06. The lowest BCUT2D eigenvalue weighted by Gasteiger charge is -2.21. The summed E-state index contributed by atoms with van der Waals surface area (Å²) in [5.74, 6) is 1.74. The lowest BCUT2D eigenvalue weighted by molar-refractivity contribution is 0.428. The van der Waals surface area contributed by atoms with Gasteiger partial charge in [-0.1, -0.05) is 19.3 Å². The number of nitrogens with two attached hydrogens (primary N) is 1. The maximum Gasteiger partial charge on any atom is 0.134 e. The fourth-order valence-electron chi connectivity index (χ4n) is 2.70.